The van der Waals surface area contributed by atoms with Crippen LogP contribution in [0.5, 0.6) is 0 Å². The Labute approximate surface area is 128 Å². The summed E-state index contributed by atoms with van der Waals surface area (Å²) >= 11 is 0. The van der Waals surface area contributed by atoms with Gasteiger partial charge in [-0.1, -0.05) is 23.6 Å². The van der Waals surface area contributed by atoms with Crippen LogP contribution in [0.2, 0.25) is 0 Å². The van der Waals surface area contributed by atoms with Crippen molar-refractivity contribution in [2.45, 2.75) is 53.2 Å². The SMILES string of the molecule is C#CCNC(C(=O)OC(C)(C)C)c1c(C)cc(C)cc1C. The number of terminal acetylenes is 1. The van der Waals surface area contributed by atoms with Crippen molar-refractivity contribution in [3.8, 4) is 12.3 Å². The maximum atomic E-state index is 12.5. The molecule has 1 aromatic rings. The van der Waals surface area contributed by atoms with Crippen LogP contribution in [0.4, 0.5) is 0 Å². The summed E-state index contributed by atoms with van der Waals surface area (Å²) in [6.45, 7) is 11.9. The third-order valence-corrected chi connectivity index (χ3v) is 3.08. The first-order chi connectivity index (χ1) is 9.65. The molecule has 1 atom stereocenters. The van der Waals surface area contributed by atoms with E-state index in [0.717, 1.165) is 16.7 Å². The summed E-state index contributed by atoms with van der Waals surface area (Å²) in [5.74, 6) is 2.22. The Balaban J connectivity index is 3.20. The number of carbonyl (C=O) groups is 1. The molecular formula is C18H25NO2. The predicted octanol–water partition coefficient (Wildman–Crippen LogP) is 3.22. The van der Waals surface area contributed by atoms with E-state index in [1.54, 1.807) is 0 Å². The van der Waals surface area contributed by atoms with Crippen LogP contribution in [0.3, 0.4) is 0 Å². The Hall–Kier alpha value is -1.79. The predicted molar refractivity (Wildman–Crippen MR) is 86.1 cm³/mol. The molecule has 0 fully saturated rings. The number of rotatable bonds is 4. The number of nitrogens with one attached hydrogen (secondary N) is 1. The molecule has 1 N–H and O–H groups in total. The second-order valence-corrected chi connectivity index (χ2v) is 6.36. The second-order valence-electron chi connectivity index (χ2n) is 6.36. The molecule has 1 rings (SSSR count). The highest BCUT2D eigenvalue weighted by Gasteiger charge is 2.28. The molecule has 114 valence electrons. The van der Waals surface area contributed by atoms with Gasteiger partial charge in [0.25, 0.3) is 0 Å². The molecule has 0 aromatic heterocycles. The van der Waals surface area contributed by atoms with E-state index in [2.05, 4.69) is 23.4 Å². The summed E-state index contributed by atoms with van der Waals surface area (Å²) in [4.78, 5) is 12.5. The van der Waals surface area contributed by atoms with Gasteiger partial charge >= 0.3 is 5.97 Å². The van der Waals surface area contributed by atoms with Crippen molar-refractivity contribution >= 4 is 5.97 Å². The third kappa shape index (κ3) is 4.91. The van der Waals surface area contributed by atoms with Crippen LogP contribution >= 0.6 is 0 Å². The minimum atomic E-state index is -0.541. The molecule has 0 bridgehead atoms. The molecule has 0 saturated carbocycles. The van der Waals surface area contributed by atoms with E-state index < -0.39 is 11.6 Å². The van der Waals surface area contributed by atoms with E-state index in [1.165, 1.54) is 5.56 Å². The van der Waals surface area contributed by atoms with Gasteiger partial charge in [0.2, 0.25) is 0 Å². The van der Waals surface area contributed by atoms with Gasteiger partial charge in [0.05, 0.1) is 6.54 Å². The first-order valence-electron chi connectivity index (χ1n) is 7.13. The summed E-state index contributed by atoms with van der Waals surface area (Å²) in [7, 11) is 0. The first kappa shape index (κ1) is 17.3. The van der Waals surface area contributed by atoms with Gasteiger partial charge in [0.15, 0.2) is 0 Å². The van der Waals surface area contributed by atoms with E-state index >= 15 is 0 Å². The average molecular weight is 287 g/mol. The Kier molecular flexibility index (Phi) is 5.57. The van der Waals surface area contributed by atoms with Gasteiger partial charge in [-0.15, -0.1) is 6.42 Å². The highest BCUT2D eigenvalue weighted by atomic mass is 16.6. The van der Waals surface area contributed by atoms with E-state index in [-0.39, 0.29) is 5.97 Å². The molecule has 0 aliphatic carbocycles. The van der Waals surface area contributed by atoms with Gasteiger partial charge in [-0.3, -0.25) is 5.32 Å². The first-order valence-corrected chi connectivity index (χ1v) is 7.13. The molecule has 3 nitrogen and oxygen atoms in total. The van der Waals surface area contributed by atoms with Crippen molar-refractivity contribution in [2.24, 2.45) is 0 Å². The molecule has 1 unspecified atom stereocenters. The monoisotopic (exact) mass is 287 g/mol. The van der Waals surface area contributed by atoms with Gasteiger partial charge < -0.3 is 4.74 Å². The molecule has 0 saturated heterocycles. The zero-order chi connectivity index (χ0) is 16.2. The van der Waals surface area contributed by atoms with Crippen LogP contribution in [0.25, 0.3) is 0 Å². The summed E-state index contributed by atoms with van der Waals surface area (Å²) in [6, 6.07) is 3.59. The van der Waals surface area contributed by atoms with Crippen molar-refractivity contribution < 1.29 is 9.53 Å². The molecule has 0 heterocycles. The van der Waals surface area contributed by atoms with Gasteiger partial charge in [-0.2, -0.15) is 0 Å². The summed E-state index contributed by atoms with van der Waals surface area (Å²) in [5.41, 5.74) is 3.72. The molecule has 0 amide bonds. The maximum absolute atomic E-state index is 12.5. The van der Waals surface area contributed by atoms with Crippen LogP contribution in [0.15, 0.2) is 12.1 Å². The Morgan fingerprint density at radius 2 is 1.81 bits per heavy atom. The Morgan fingerprint density at radius 1 is 1.29 bits per heavy atom. The normalized spacial score (nSPS) is 12.6. The van der Waals surface area contributed by atoms with Gasteiger partial charge in [-0.25, -0.2) is 4.79 Å². The minimum absolute atomic E-state index is 0.298. The molecule has 0 radical (unpaired) electrons. The quantitative estimate of drug-likeness (QED) is 0.682. The van der Waals surface area contributed by atoms with Crippen LogP contribution in [-0.2, 0) is 9.53 Å². The fraction of sp³-hybridized carbons (Fsp3) is 0.500. The van der Waals surface area contributed by atoms with Crippen molar-refractivity contribution in [2.75, 3.05) is 6.54 Å². The van der Waals surface area contributed by atoms with Gasteiger partial charge in [0.1, 0.15) is 11.6 Å². The molecule has 0 aliphatic heterocycles. The molecule has 0 aliphatic rings. The Bertz CT molecular complexity index is 539. The lowest BCUT2D eigenvalue weighted by Gasteiger charge is -2.26. The van der Waals surface area contributed by atoms with E-state index in [0.29, 0.717) is 6.54 Å². The van der Waals surface area contributed by atoms with Crippen LogP contribution in [0.1, 0.15) is 49.1 Å². The van der Waals surface area contributed by atoms with Crippen LogP contribution in [0, 0.1) is 33.1 Å². The number of hydrogen-bond donors (Lipinski definition) is 1. The number of aryl methyl sites for hydroxylation is 3. The van der Waals surface area contributed by atoms with Crippen molar-refractivity contribution in [1.29, 1.82) is 0 Å². The fourth-order valence-corrected chi connectivity index (χ4v) is 2.47. The smallest absolute Gasteiger partial charge is 0.328 e. The third-order valence-electron chi connectivity index (χ3n) is 3.08. The zero-order valence-corrected chi connectivity index (χ0v) is 13.8. The average Bonchev–Trinajstić information content (AvgIpc) is 2.29. The Morgan fingerprint density at radius 3 is 2.24 bits per heavy atom. The fourth-order valence-electron chi connectivity index (χ4n) is 2.47. The van der Waals surface area contributed by atoms with Crippen molar-refractivity contribution in [3.63, 3.8) is 0 Å². The number of carbonyl (C=O) groups excluding carboxylic acids is 1. The number of benzene rings is 1. The lowest BCUT2D eigenvalue weighted by atomic mass is 9.94. The van der Waals surface area contributed by atoms with E-state index in [1.807, 2.05) is 41.5 Å². The van der Waals surface area contributed by atoms with Crippen LogP contribution in [-0.4, -0.2) is 18.1 Å². The van der Waals surface area contributed by atoms with E-state index in [4.69, 9.17) is 11.2 Å². The van der Waals surface area contributed by atoms with Gasteiger partial charge in [0, 0.05) is 0 Å². The summed E-state index contributed by atoms with van der Waals surface area (Å²) in [6.07, 6.45) is 5.32. The van der Waals surface area contributed by atoms with Crippen molar-refractivity contribution in [3.05, 3.63) is 34.4 Å². The topological polar surface area (TPSA) is 38.3 Å². The molecule has 21 heavy (non-hydrogen) atoms. The lowest BCUT2D eigenvalue weighted by molar-refractivity contribution is -0.157. The molecule has 1 aromatic carbocycles. The highest BCUT2D eigenvalue weighted by molar-refractivity contribution is 5.79. The second kappa shape index (κ2) is 6.78. The molecule has 3 heteroatoms. The highest BCUT2D eigenvalue weighted by Crippen LogP contribution is 2.26. The molecule has 0 spiro atoms. The lowest BCUT2D eigenvalue weighted by Crippen LogP contribution is -2.36. The zero-order valence-electron chi connectivity index (χ0n) is 13.8. The largest absolute Gasteiger partial charge is 0.459 e. The summed E-state index contributed by atoms with van der Waals surface area (Å²) in [5, 5.41) is 3.10. The number of ether oxygens (including phenoxy) is 1. The van der Waals surface area contributed by atoms with Crippen molar-refractivity contribution in [1.82, 2.24) is 5.32 Å². The maximum Gasteiger partial charge on any atom is 0.328 e. The standard InChI is InChI=1S/C18H25NO2/c1-8-9-19-16(17(20)21-18(5,6)7)15-13(3)10-12(2)11-14(15)4/h1,10-11,16,19H,9H2,2-7H3. The van der Waals surface area contributed by atoms with Gasteiger partial charge in [-0.05, 0) is 58.2 Å². The van der Waals surface area contributed by atoms with E-state index in [9.17, 15) is 4.79 Å². The molecular weight excluding hydrogens is 262 g/mol. The number of esters is 1. The number of hydrogen-bond acceptors (Lipinski definition) is 3. The minimum Gasteiger partial charge on any atom is -0.459 e. The summed E-state index contributed by atoms with van der Waals surface area (Å²) < 4.78 is 5.52. The van der Waals surface area contributed by atoms with Crippen LogP contribution < -0.4 is 5.32 Å².